The molecular weight excluding hydrogens is 570 g/mol. The van der Waals surface area contributed by atoms with Crippen molar-refractivity contribution in [2.24, 2.45) is 10.3 Å². The van der Waals surface area contributed by atoms with Gasteiger partial charge in [0.05, 0.1) is 52.6 Å². The van der Waals surface area contributed by atoms with Crippen LogP contribution in [0.5, 0.6) is 5.75 Å². The van der Waals surface area contributed by atoms with E-state index in [1.54, 1.807) is 31.2 Å². The SMILES string of the molecule is CO/N=C(/C(=O)OC)c1cccc(C)c1CO/N=C(\C)c1c(C#N)ccc(F)c1OC(F)(F)I. The minimum atomic E-state index is -3.73. The first kappa shape index (κ1) is 26.9. The number of hydrogen-bond acceptors (Lipinski definition) is 8. The number of ether oxygens (including phenoxy) is 2. The number of nitrogens with zero attached hydrogens (tertiary/aromatic N) is 3. The number of esters is 1. The normalized spacial score (nSPS) is 12.1. The van der Waals surface area contributed by atoms with Gasteiger partial charge in [0.1, 0.15) is 13.7 Å². The summed E-state index contributed by atoms with van der Waals surface area (Å²) in [7, 11) is 2.46. The van der Waals surface area contributed by atoms with Crippen LogP contribution in [0.3, 0.4) is 0 Å². The molecule has 2 aromatic carbocycles. The summed E-state index contributed by atoms with van der Waals surface area (Å²) in [6.45, 7) is 2.92. The van der Waals surface area contributed by atoms with Crippen LogP contribution in [0.4, 0.5) is 13.2 Å². The molecule has 0 aliphatic rings. The van der Waals surface area contributed by atoms with Crippen LogP contribution in [0.2, 0.25) is 0 Å². The summed E-state index contributed by atoms with van der Waals surface area (Å²) in [5.41, 5.74) is 0.980. The molecule has 0 N–H and O–H groups in total. The maximum Gasteiger partial charge on any atom is 0.451 e. The summed E-state index contributed by atoms with van der Waals surface area (Å²) in [5, 5.41) is 16.9. The summed E-state index contributed by atoms with van der Waals surface area (Å²) in [6.07, 6.45) is 0. The van der Waals surface area contributed by atoms with E-state index in [0.29, 0.717) is 33.7 Å². The highest BCUT2D eigenvalue weighted by atomic mass is 127. The van der Waals surface area contributed by atoms with Crippen LogP contribution in [0, 0.1) is 24.1 Å². The lowest BCUT2D eigenvalue weighted by Crippen LogP contribution is -2.20. The molecule has 34 heavy (non-hydrogen) atoms. The van der Waals surface area contributed by atoms with Crippen LogP contribution in [-0.4, -0.2) is 35.7 Å². The predicted octanol–water partition coefficient (Wildman–Crippen LogP) is 4.83. The number of rotatable bonds is 9. The number of alkyl halides is 3. The number of benzene rings is 2. The molecule has 0 saturated carbocycles. The zero-order chi connectivity index (χ0) is 25.5. The highest BCUT2D eigenvalue weighted by molar-refractivity contribution is 14.1. The zero-order valence-corrected chi connectivity index (χ0v) is 20.6. The van der Waals surface area contributed by atoms with Crippen molar-refractivity contribution in [1.82, 2.24) is 0 Å². The fourth-order valence-corrected chi connectivity index (χ4v) is 3.18. The molecule has 0 aliphatic carbocycles. The van der Waals surface area contributed by atoms with E-state index in [4.69, 9.17) is 14.4 Å². The number of methoxy groups -OCH3 is 1. The lowest BCUT2D eigenvalue weighted by Gasteiger charge is -2.17. The molecule has 0 aromatic heterocycles. The number of aryl methyl sites for hydroxylation is 1. The first-order chi connectivity index (χ1) is 16.0. The van der Waals surface area contributed by atoms with Crippen LogP contribution in [0.15, 0.2) is 40.6 Å². The summed E-state index contributed by atoms with van der Waals surface area (Å²) >= 11 is 0.690. The molecule has 0 amide bonds. The molecule has 0 saturated heterocycles. The summed E-state index contributed by atoms with van der Waals surface area (Å²) < 4.78 is 46.6. The molecule has 0 unspecified atom stereocenters. The van der Waals surface area contributed by atoms with Gasteiger partial charge < -0.3 is 19.1 Å². The van der Waals surface area contributed by atoms with Crippen molar-refractivity contribution in [2.75, 3.05) is 14.2 Å². The zero-order valence-electron chi connectivity index (χ0n) is 18.5. The molecule has 0 aliphatic heterocycles. The van der Waals surface area contributed by atoms with Crippen LogP contribution in [0.1, 0.15) is 34.7 Å². The third-order valence-electron chi connectivity index (χ3n) is 4.45. The molecule has 2 aromatic rings. The van der Waals surface area contributed by atoms with Gasteiger partial charge in [-0.15, -0.1) is 0 Å². The van der Waals surface area contributed by atoms with Gasteiger partial charge in [-0.05, 0) is 31.5 Å². The quantitative estimate of drug-likeness (QED) is 0.137. The van der Waals surface area contributed by atoms with Crippen molar-refractivity contribution in [3.8, 4) is 11.8 Å². The van der Waals surface area contributed by atoms with Gasteiger partial charge in [-0.1, -0.05) is 28.5 Å². The molecule has 180 valence electrons. The Kier molecular flexibility index (Phi) is 9.25. The summed E-state index contributed by atoms with van der Waals surface area (Å²) in [5.74, 6) is -2.67. The second-order valence-corrected chi connectivity index (χ2v) is 7.88. The number of carbonyl (C=O) groups excluding carboxylic acids is 1. The third kappa shape index (κ3) is 6.60. The van der Waals surface area contributed by atoms with Gasteiger partial charge in [0.15, 0.2) is 17.3 Å². The van der Waals surface area contributed by atoms with E-state index >= 15 is 0 Å². The predicted molar refractivity (Wildman–Crippen MR) is 124 cm³/mol. The van der Waals surface area contributed by atoms with Crippen molar-refractivity contribution in [2.45, 2.75) is 24.6 Å². The number of nitriles is 1. The maximum atomic E-state index is 14.3. The average Bonchev–Trinajstić information content (AvgIpc) is 2.78. The fourth-order valence-electron chi connectivity index (χ4n) is 2.96. The minimum Gasteiger partial charge on any atom is -0.464 e. The molecule has 0 spiro atoms. The van der Waals surface area contributed by atoms with Crippen LogP contribution in [-0.2, 0) is 25.8 Å². The van der Waals surface area contributed by atoms with E-state index in [-0.39, 0.29) is 29.2 Å². The third-order valence-corrected chi connectivity index (χ3v) is 4.67. The van der Waals surface area contributed by atoms with Gasteiger partial charge in [-0.3, -0.25) is 0 Å². The smallest absolute Gasteiger partial charge is 0.451 e. The Labute approximate surface area is 207 Å². The Morgan fingerprint density at radius 2 is 1.91 bits per heavy atom. The van der Waals surface area contributed by atoms with E-state index in [2.05, 4.69) is 15.0 Å². The van der Waals surface area contributed by atoms with E-state index in [0.717, 1.165) is 17.7 Å². The molecule has 12 heteroatoms. The minimum absolute atomic E-state index is 0.0828. The largest absolute Gasteiger partial charge is 0.464 e. The lowest BCUT2D eigenvalue weighted by atomic mass is 9.99. The Morgan fingerprint density at radius 1 is 1.21 bits per heavy atom. The second kappa shape index (κ2) is 11.7. The number of carbonyl (C=O) groups is 1. The standard InChI is InChI=1S/C22H19F3IN3O5/c1-12-6-5-7-15(19(29-32-4)21(30)31-3)16(12)11-33-28-13(2)18-14(10-27)8-9-17(23)20(18)34-22(24,25)26/h5-9H,11H2,1-4H3/b28-13+,29-19+. The summed E-state index contributed by atoms with van der Waals surface area (Å²) in [4.78, 5) is 22.3. The Bertz CT molecular complexity index is 1170. The monoisotopic (exact) mass is 589 g/mol. The van der Waals surface area contributed by atoms with E-state index in [1.165, 1.54) is 21.1 Å². The fraction of sp³-hybridized carbons (Fsp3) is 0.273. The van der Waals surface area contributed by atoms with Gasteiger partial charge >= 0.3 is 10.1 Å². The van der Waals surface area contributed by atoms with Gasteiger partial charge in [-0.2, -0.15) is 14.0 Å². The molecule has 8 nitrogen and oxygen atoms in total. The van der Waals surface area contributed by atoms with E-state index in [1.807, 2.05) is 0 Å². The first-order valence-electron chi connectivity index (χ1n) is 9.47. The van der Waals surface area contributed by atoms with Gasteiger partial charge in [-0.25, -0.2) is 9.18 Å². The van der Waals surface area contributed by atoms with Crippen LogP contribution >= 0.6 is 22.6 Å². The van der Waals surface area contributed by atoms with Crippen molar-refractivity contribution >= 4 is 40.0 Å². The van der Waals surface area contributed by atoms with Gasteiger partial charge in [0.2, 0.25) is 0 Å². The molecule has 0 heterocycles. The highest BCUT2D eigenvalue weighted by Gasteiger charge is 2.31. The van der Waals surface area contributed by atoms with E-state index < -0.39 is 21.7 Å². The highest BCUT2D eigenvalue weighted by Crippen LogP contribution is 2.34. The van der Waals surface area contributed by atoms with Crippen molar-refractivity contribution in [1.29, 1.82) is 5.26 Å². The molecule has 0 fully saturated rings. The number of hydrogen-bond donors (Lipinski definition) is 0. The lowest BCUT2D eigenvalue weighted by molar-refractivity contribution is -0.132. The van der Waals surface area contributed by atoms with Crippen molar-refractivity contribution in [3.63, 3.8) is 0 Å². The van der Waals surface area contributed by atoms with Crippen molar-refractivity contribution < 1.29 is 37.1 Å². The second-order valence-electron chi connectivity index (χ2n) is 6.62. The van der Waals surface area contributed by atoms with Crippen LogP contribution < -0.4 is 4.74 Å². The van der Waals surface area contributed by atoms with Crippen LogP contribution in [0.25, 0.3) is 0 Å². The number of halogens is 4. The molecule has 0 atom stereocenters. The van der Waals surface area contributed by atoms with E-state index in [9.17, 15) is 23.2 Å². The average molecular weight is 589 g/mol. The molecule has 0 radical (unpaired) electrons. The van der Waals surface area contributed by atoms with Gasteiger partial charge in [0.25, 0.3) is 0 Å². The Hall–Kier alpha value is -3.34. The maximum absolute atomic E-state index is 14.3. The summed E-state index contributed by atoms with van der Waals surface area (Å²) in [6, 6.07) is 8.81. The molecule has 0 bridgehead atoms. The first-order valence-corrected chi connectivity index (χ1v) is 10.6. The molecular formula is C22H19F3IN3O5. The Balaban J connectivity index is 2.45. The van der Waals surface area contributed by atoms with Gasteiger partial charge in [0, 0.05) is 11.1 Å². The molecule has 2 rings (SSSR count). The Morgan fingerprint density at radius 3 is 2.50 bits per heavy atom. The topological polar surface area (TPSA) is 103 Å². The van der Waals surface area contributed by atoms with Crippen molar-refractivity contribution in [3.05, 3.63) is 64.0 Å². The number of oxime groups is 2.